The van der Waals surface area contributed by atoms with E-state index in [0.717, 1.165) is 23.0 Å². The lowest BCUT2D eigenvalue weighted by molar-refractivity contribution is -0.116. The third-order valence-corrected chi connectivity index (χ3v) is 4.93. The Labute approximate surface area is 172 Å². The highest BCUT2D eigenvalue weighted by Gasteiger charge is 2.18. The standard InChI is InChI=1S/C20H17ClN4O2S/c1-14-6-8-17(9-7-14)25(11-3-10-22)18(26)13-28-20-24-23-19(27-20)15-4-2-5-16(21)12-15/h2,4-9,12H,3,11,13H2,1H3. The number of carbonyl (C=O) groups excluding carboxylic acids is 1. The van der Waals surface area contributed by atoms with Gasteiger partial charge in [0.05, 0.1) is 18.2 Å². The van der Waals surface area contributed by atoms with E-state index in [1.807, 2.05) is 37.3 Å². The summed E-state index contributed by atoms with van der Waals surface area (Å²) in [6.45, 7) is 2.31. The first-order valence-electron chi connectivity index (χ1n) is 8.53. The first kappa shape index (κ1) is 19.9. The fourth-order valence-corrected chi connectivity index (χ4v) is 3.32. The van der Waals surface area contributed by atoms with Gasteiger partial charge in [-0.2, -0.15) is 5.26 Å². The average molecular weight is 413 g/mol. The zero-order valence-corrected chi connectivity index (χ0v) is 16.7. The van der Waals surface area contributed by atoms with E-state index in [4.69, 9.17) is 21.3 Å². The van der Waals surface area contributed by atoms with Crippen molar-refractivity contribution in [2.24, 2.45) is 0 Å². The van der Waals surface area contributed by atoms with Crippen LogP contribution in [-0.4, -0.2) is 28.4 Å². The van der Waals surface area contributed by atoms with Crippen molar-refractivity contribution in [3.05, 3.63) is 59.1 Å². The van der Waals surface area contributed by atoms with Gasteiger partial charge in [0.2, 0.25) is 11.8 Å². The molecule has 1 amide bonds. The summed E-state index contributed by atoms with van der Waals surface area (Å²) in [5, 5.41) is 17.7. The van der Waals surface area contributed by atoms with Crippen molar-refractivity contribution < 1.29 is 9.21 Å². The van der Waals surface area contributed by atoms with E-state index in [-0.39, 0.29) is 18.1 Å². The van der Waals surface area contributed by atoms with Crippen LogP contribution in [-0.2, 0) is 4.79 Å². The number of anilines is 1. The van der Waals surface area contributed by atoms with Crippen LogP contribution in [0.1, 0.15) is 12.0 Å². The van der Waals surface area contributed by atoms with Crippen LogP contribution in [0.5, 0.6) is 0 Å². The van der Waals surface area contributed by atoms with Gasteiger partial charge in [0.15, 0.2) is 0 Å². The number of carbonyl (C=O) groups is 1. The van der Waals surface area contributed by atoms with Gasteiger partial charge >= 0.3 is 0 Å². The zero-order chi connectivity index (χ0) is 19.9. The van der Waals surface area contributed by atoms with Crippen molar-refractivity contribution in [2.45, 2.75) is 18.6 Å². The van der Waals surface area contributed by atoms with Crippen LogP contribution in [0.25, 0.3) is 11.5 Å². The molecule has 0 aliphatic rings. The van der Waals surface area contributed by atoms with E-state index in [1.165, 1.54) is 0 Å². The Morgan fingerprint density at radius 1 is 1.25 bits per heavy atom. The first-order chi connectivity index (χ1) is 13.6. The summed E-state index contributed by atoms with van der Waals surface area (Å²) in [7, 11) is 0. The van der Waals surface area contributed by atoms with Crippen LogP contribution < -0.4 is 4.90 Å². The maximum atomic E-state index is 12.7. The second kappa shape index (κ2) is 9.40. The molecule has 28 heavy (non-hydrogen) atoms. The quantitative estimate of drug-likeness (QED) is 0.521. The molecule has 0 saturated carbocycles. The molecule has 0 atom stereocenters. The maximum Gasteiger partial charge on any atom is 0.277 e. The fraction of sp³-hybridized carbons (Fsp3) is 0.200. The van der Waals surface area contributed by atoms with Crippen molar-refractivity contribution in [3.63, 3.8) is 0 Å². The third-order valence-electron chi connectivity index (χ3n) is 3.89. The van der Waals surface area contributed by atoms with Gasteiger partial charge in [-0.15, -0.1) is 10.2 Å². The van der Waals surface area contributed by atoms with E-state index in [1.54, 1.807) is 23.1 Å². The molecule has 2 aromatic carbocycles. The topological polar surface area (TPSA) is 83.0 Å². The zero-order valence-electron chi connectivity index (χ0n) is 15.1. The minimum atomic E-state index is -0.133. The smallest absolute Gasteiger partial charge is 0.277 e. The Balaban J connectivity index is 1.67. The summed E-state index contributed by atoms with van der Waals surface area (Å²) >= 11 is 7.14. The third kappa shape index (κ3) is 5.12. The Morgan fingerprint density at radius 2 is 2.04 bits per heavy atom. The first-order valence-corrected chi connectivity index (χ1v) is 9.89. The molecular weight excluding hydrogens is 396 g/mol. The summed E-state index contributed by atoms with van der Waals surface area (Å²) in [5.74, 6) is 0.333. The second-order valence-electron chi connectivity index (χ2n) is 5.96. The number of hydrogen-bond donors (Lipinski definition) is 0. The predicted molar refractivity (Wildman–Crippen MR) is 109 cm³/mol. The van der Waals surface area contributed by atoms with E-state index < -0.39 is 0 Å². The molecule has 3 aromatic rings. The van der Waals surface area contributed by atoms with Crippen molar-refractivity contribution in [1.29, 1.82) is 5.26 Å². The molecule has 0 spiro atoms. The maximum absolute atomic E-state index is 12.7. The van der Waals surface area contributed by atoms with Crippen molar-refractivity contribution in [3.8, 4) is 17.5 Å². The molecule has 142 valence electrons. The molecule has 1 heterocycles. The van der Waals surface area contributed by atoms with Gasteiger partial charge in [0.1, 0.15) is 0 Å². The number of nitrogens with zero attached hydrogens (tertiary/aromatic N) is 4. The highest BCUT2D eigenvalue weighted by atomic mass is 35.5. The summed E-state index contributed by atoms with van der Waals surface area (Å²) in [6, 6.07) is 16.8. The van der Waals surface area contributed by atoms with Crippen molar-refractivity contribution in [2.75, 3.05) is 17.2 Å². The van der Waals surface area contributed by atoms with Crippen LogP contribution in [0.3, 0.4) is 0 Å². The minimum Gasteiger partial charge on any atom is -0.411 e. The number of rotatable bonds is 7. The molecule has 0 unspecified atom stereocenters. The Kier molecular flexibility index (Phi) is 6.69. The van der Waals surface area contributed by atoms with Gasteiger partial charge < -0.3 is 9.32 Å². The number of hydrogen-bond acceptors (Lipinski definition) is 6. The molecule has 0 saturated heterocycles. The van der Waals surface area contributed by atoms with Gasteiger partial charge in [0, 0.05) is 22.8 Å². The summed E-state index contributed by atoms with van der Waals surface area (Å²) in [5.41, 5.74) is 2.58. The molecule has 0 fully saturated rings. The van der Waals surface area contributed by atoms with Crippen LogP contribution in [0.2, 0.25) is 5.02 Å². The predicted octanol–water partition coefficient (Wildman–Crippen LogP) is 4.74. The molecule has 0 aliphatic heterocycles. The lowest BCUT2D eigenvalue weighted by atomic mass is 10.2. The van der Waals surface area contributed by atoms with E-state index in [0.29, 0.717) is 28.2 Å². The van der Waals surface area contributed by atoms with Crippen molar-refractivity contribution in [1.82, 2.24) is 10.2 Å². The fourth-order valence-electron chi connectivity index (χ4n) is 2.49. The van der Waals surface area contributed by atoms with Crippen molar-refractivity contribution >= 4 is 35.0 Å². The number of amides is 1. The SMILES string of the molecule is Cc1ccc(N(CCC#N)C(=O)CSc2nnc(-c3cccc(Cl)c3)o2)cc1. The molecule has 1 aromatic heterocycles. The normalized spacial score (nSPS) is 10.5. The number of aryl methyl sites for hydroxylation is 1. The Hall–Kier alpha value is -2.82. The number of benzene rings is 2. The molecule has 0 aliphatic carbocycles. The highest BCUT2D eigenvalue weighted by Crippen LogP contribution is 2.26. The largest absolute Gasteiger partial charge is 0.411 e. The Bertz CT molecular complexity index is 998. The van der Waals surface area contributed by atoms with E-state index in [9.17, 15) is 4.79 Å². The highest BCUT2D eigenvalue weighted by molar-refractivity contribution is 7.99. The lowest BCUT2D eigenvalue weighted by Gasteiger charge is -2.21. The molecule has 8 heteroatoms. The molecule has 0 N–H and O–H groups in total. The van der Waals surface area contributed by atoms with Gasteiger partial charge in [-0.3, -0.25) is 4.79 Å². The lowest BCUT2D eigenvalue weighted by Crippen LogP contribution is -2.33. The summed E-state index contributed by atoms with van der Waals surface area (Å²) in [6.07, 6.45) is 0.254. The molecule has 0 bridgehead atoms. The summed E-state index contributed by atoms with van der Waals surface area (Å²) in [4.78, 5) is 14.3. The van der Waals surface area contributed by atoms with Gasteiger partial charge in [0.25, 0.3) is 5.22 Å². The average Bonchev–Trinajstić information content (AvgIpc) is 3.17. The number of halogens is 1. The molecule has 6 nitrogen and oxygen atoms in total. The number of aromatic nitrogens is 2. The van der Waals surface area contributed by atoms with Crippen LogP contribution in [0.15, 0.2) is 58.2 Å². The minimum absolute atomic E-state index is 0.122. The Morgan fingerprint density at radius 3 is 2.75 bits per heavy atom. The summed E-state index contributed by atoms with van der Waals surface area (Å²) < 4.78 is 5.62. The van der Waals surface area contributed by atoms with Gasteiger partial charge in [-0.05, 0) is 37.3 Å². The van der Waals surface area contributed by atoms with Crippen LogP contribution in [0, 0.1) is 18.3 Å². The number of thioether (sulfide) groups is 1. The van der Waals surface area contributed by atoms with Crippen LogP contribution in [0.4, 0.5) is 5.69 Å². The molecule has 3 rings (SSSR count). The van der Waals surface area contributed by atoms with Crippen LogP contribution >= 0.6 is 23.4 Å². The second-order valence-corrected chi connectivity index (χ2v) is 7.32. The van der Waals surface area contributed by atoms with E-state index in [2.05, 4.69) is 16.3 Å². The number of nitriles is 1. The van der Waals surface area contributed by atoms with E-state index >= 15 is 0 Å². The van der Waals surface area contributed by atoms with Gasteiger partial charge in [-0.1, -0.05) is 47.1 Å². The van der Waals surface area contributed by atoms with Gasteiger partial charge in [-0.25, -0.2) is 0 Å². The molecule has 0 radical (unpaired) electrons. The molecular formula is C20H17ClN4O2S. The monoisotopic (exact) mass is 412 g/mol.